The van der Waals surface area contributed by atoms with Crippen LogP contribution in [0.4, 0.5) is 0 Å². The van der Waals surface area contributed by atoms with Crippen LogP contribution in [0, 0.1) is 57.9 Å². The maximum atomic E-state index is 12.0. The molecule has 5 heteroatoms. The molecule has 4 rings (SSSR count). The molecule has 4 saturated carbocycles. The smallest absolute Gasteiger partial charge is 0.286 e. The molecule has 0 radical (unpaired) electrons. The number of ether oxygens (including phenoxy) is 1. The Morgan fingerprint density at radius 1 is 1.05 bits per heavy atom. The van der Waals surface area contributed by atoms with Crippen molar-refractivity contribution >= 4 is 14.1 Å². The van der Waals surface area contributed by atoms with Crippen LogP contribution in [0.1, 0.15) is 111 Å². The topological polar surface area (TPSA) is 59.3 Å². The third-order valence-corrected chi connectivity index (χ3v) is 14.8. The SMILES string of the molecule is CCC(=O)CC[C@@H](C)[C@H]1CC[C@H]2[C@@H]3CC[C@@H]4C[C@H](O[Si](C)(C)CCCOC#N)CC[C@]4(C)[C@H]3CC[C@]12C. The molecule has 9 atom stereocenters. The van der Waals surface area contributed by atoms with Gasteiger partial charge < -0.3 is 9.16 Å². The number of nitriles is 1. The van der Waals surface area contributed by atoms with Crippen LogP contribution in [-0.2, 0) is 14.0 Å². The first-order valence-corrected chi connectivity index (χ1v) is 18.9. The van der Waals surface area contributed by atoms with E-state index < -0.39 is 8.32 Å². The van der Waals surface area contributed by atoms with E-state index in [2.05, 4.69) is 33.9 Å². The van der Waals surface area contributed by atoms with Crippen LogP contribution in [0.25, 0.3) is 0 Å². The fourth-order valence-electron chi connectivity index (χ4n) is 10.2. The average Bonchev–Trinajstić information content (AvgIpc) is 3.22. The molecule has 0 aromatic heterocycles. The van der Waals surface area contributed by atoms with Gasteiger partial charge in [-0.1, -0.05) is 27.7 Å². The van der Waals surface area contributed by atoms with Crippen LogP contribution < -0.4 is 0 Å². The van der Waals surface area contributed by atoms with Crippen LogP contribution in [0.3, 0.4) is 0 Å². The van der Waals surface area contributed by atoms with Gasteiger partial charge in [-0.3, -0.25) is 4.79 Å². The molecular formula is C32H55NO3Si. The Morgan fingerprint density at radius 2 is 1.78 bits per heavy atom. The molecule has 0 N–H and O–H groups in total. The number of rotatable bonds is 11. The van der Waals surface area contributed by atoms with Crippen molar-refractivity contribution in [3.63, 3.8) is 0 Å². The molecule has 0 spiro atoms. The summed E-state index contributed by atoms with van der Waals surface area (Å²) in [6.45, 7) is 15.0. The highest BCUT2D eigenvalue weighted by Crippen LogP contribution is 2.68. The zero-order valence-corrected chi connectivity index (χ0v) is 25.8. The first kappa shape index (κ1) is 29.1. The van der Waals surface area contributed by atoms with Gasteiger partial charge in [-0.15, -0.1) is 0 Å². The molecule has 0 heterocycles. The minimum absolute atomic E-state index is 0.435. The number of carbonyl (C=O) groups is 1. The molecule has 4 fully saturated rings. The molecule has 4 aliphatic rings. The van der Waals surface area contributed by atoms with Gasteiger partial charge in [-0.25, -0.2) is 0 Å². The van der Waals surface area contributed by atoms with Gasteiger partial charge in [0.25, 0.3) is 6.26 Å². The maximum absolute atomic E-state index is 12.0. The summed E-state index contributed by atoms with van der Waals surface area (Å²) in [4.78, 5) is 12.0. The summed E-state index contributed by atoms with van der Waals surface area (Å²) < 4.78 is 11.7. The Labute approximate surface area is 228 Å². The van der Waals surface area contributed by atoms with Gasteiger partial charge in [-0.05, 0) is 136 Å². The summed E-state index contributed by atoms with van der Waals surface area (Å²) >= 11 is 0. The number of fused-ring (bicyclic) bond motifs is 5. The highest BCUT2D eigenvalue weighted by molar-refractivity contribution is 6.71. The Kier molecular flexibility index (Phi) is 9.22. The summed E-state index contributed by atoms with van der Waals surface area (Å²) in [6, 6.07) is 1.07. The number of hydrogen-bond acceptors (Lipinski definition) is 4. The Morgan fingerprint density at radius 3 is 2.51 bits per heavy atom. The van der Waals surface area contributed by atoms with Crippen LogP contribution in [0.5, 0.6) is 0 Å². The van der Waals surface area contributed by atoms with Crippen molar-refractivity contribution in [2.24, 2.45) is 46.3 Å². The predicted molar refractivity (Wildman–Crippen MR) is 152 cm³/mol. The zero-order chi connectivity index (χ0) is 26.8. The second-order valence-electron chi connectivity index (χ2n) is 14.6. The van der Waals surface area contributed by atoms with E-state index in [0.717, 1.165) is 54.9 Å². The fraction of sp³-hybridized carbons (Fsp3) is 0.938. The van der Waals surface area contributed by atoms with E-state index in [9.17, 15) is 4.79 Å². The van der Waals surface area contributed by atoms with Crippen molar-refractivity contribution in [1.29, 1.82) is 5.26 Å². The lowest BCUT2D eigenvalue weighted by Crippen LogP contribution is -2.55. The van der Waals surface area contributed by atoms with E-state index in [0.29, 0.717) is 41.7 Å². The predicted octanol–water partition coefficient (Wildman–Crippen LogP) is 8.52. The molecule has 0 amide bonds. The molecule has 0 aliphatic heterocycles. The van der Waals surface area contributed by atoms with Gasteiger partial charge in [0.2, 0.25) is 0 Å². The number of carbonyl (C=O) groups excluding carboxylic acids is 1. The molecule has 0 unspecified atom stereocenters. The van der Waals surface area contributed by atoms with Crippen molar-refractivity contribution in [2.45, 2.75) is 136 Å². The number of ketones is 1. The summed E-state index contributed by atoms with van der Waals surface area (Å²) in [5, 5.41) is 8.62. The monoisotopic (exact) mass is 529 g/mol. The molecule has 0 saturated heterocycles. The van der Waals surface area contributed by atoms with Gasteiger partial charge in [0, 0.05) is 18.9 Å². The van der Waals surface area contributed by atoms with Gasteiger partial charge in [0.1, 0.15) is 12.4 Å². The second kappa shape index (κ2) is 11.7. The highest BCUT2D eigenvalue weighted by Gasteiger charge is 2.60. The quantitative estimate of drug-likeness (QED) is 0.153. The van der Waals surface area contributed by atoms with Gasteiger partial charge >= 0.3 is 0 Å². The molecule has 4 aliphatic carbocycles. The molecule has 37 heavy (non-hydrogen) atoms. The van der Waals surface area contributed by atoms with E-state index in [1.165, 1.54) is 57.8 Å². The highest BCUT2D eigenvalue weighted by atomic mass is 28.4. The molecule has 4 nitrogen and oxygen atoms in total. The van der Waals surface area contributed by atoms with E-state index in [4.69, 9.17) is 14.4 Å². The first-order chi connectivity index (χ1) is 17.5. The molecule has 210 valence electrons. The number of nitrogens with zero attached hydrogens (tertiary/aromatic N) is 1. The Bertz CT molecular complexity index is 838. The van der Waals surface area contributed by atoms with Crippen molar-refractivity contribution in [3.8, 4) is 6.26 Å². The molecular weight excluding hydrogens is 474 g/mol. The van der Waals surface area contributed by atoms with E-state index in [1.807, 2.05) is 6.92 Å². The van der Waals surface area contributed by atoms with Gasteiger partial charge in [-0.2, -0.15) is 5.26 Å². The lowest BCUT2D eigenvalue weighted by molar-refractivity contribution is -0.128. The van der Waals surface area contributed by atoms with Crippen molar-refractivity contribution in [2.75, 3.05) is 6.61 Å². The summed E-state index contributed by atoms with van der Waals surface area (Å²) in [5.41, 5.74) is 0.984. The fourth-order valence-corrected chi connectivity index (χ4v) is 12.4. The average molecular weight is 530 g/mol. The van der Waals surface area contributed by atoms with Gasteiger partial charge in [0.15, 0.2) is 8.32 Å². The minimum atomic E-state index is -1.73. The number of hydrogen-bond donors (Lipinski definition) is 0. The second-order valence-corrected chi connectivity index (χ2v) is 18.9. The largest absolute Gasteiger partial charge is 0.428 e. The Balaban J connectivity index is 1.36. The van der Waals surface area contributed by atoms with E-state index >= 15 is 0 Å². The normalized spacial score (nSPS) is 40.1. The lowest BCUT2D eigenvalue weighted by atomic mass is 9.44. The third-order valence-electron chi connectivity index (χ3n) is 12.2. The summed E-state index contributed by atoms with van der Waals surface area (Å²) in [6.07, 6.45) is 18.0. The molecule has 0 aromatic carbocycles. The van der Waals surface area contributed by atoms with Crippen LogP contribution in [0.2, 0.25) is 19.1 Å². The lowest BCUT2D eigenvalue weighted by Gasteiger charge is -2.61. The van der Waals surface area contributed by atoms with Crippen LogP contribution >= 0.6 is 0 Å². The zero-order valence-electron chi connectivity index (χ0n) is 24.8. The summed E-state index contributed by atoms with van der Waals surface area (Å²) in [7, 11) is -1.73. The Hall–Kier alpha value is -0.863. The van der Waals surface area contributed by atoms with E-state index in [1.54, 1.807) is 6.26 Å². The molecule has 0 aromatic rings. The van der Waals surface area contributed by atoms with Crippen LogP contribution in [-0.4, -0.2) is 26.8 Å². The first-order valence-electron chi connectivity index (χ1n) is 15.7. The maximum Gasteiger partial charge on any atom is 0.286 e. The summed E-state index contributed by atoms with van der Waals surface area (Å²) in [5.74, 6) is 5.46. The van der Waals surface area contributed by atoms with Gasteiger partial charge in [0.05, 0.1) is 0 Å². The number of Topliss-reactive ketones (excluding diaryl/α,β-unsaturated/α-hetero) is 1. The molecule has 0 bridgehead atoms. The minimum Gasteiger partial charge on any atom is -0.428 e. The van der Waals surface area contributed by atoms with E-state index in [-0.39, 0.29) is 0 Å². The van der Waals surface area contributed by atoms with Crippen molar-refractivity contribution < 1.29 is 14.0 Å². The van der Waals surface area contributed by atoms with Crippen LogP contribution in [0.15, 0.2) is 0 Å². The van der Waals surface area contributed by atoms with Crippen molar-refractivity contribution in [3.05, 3.63) is 0 Å². The third kappa shape index (κ3) is 6.01. The standard InChI is InChI=1S/C32H55NO3Si/c1-7-25(34)11-9-23(2)28-13-14-29-27-12-10-24-21-26(36-37(5,6)20-8-19-35-22-33)15-17-31(24,3)30(27)16-18-32(28,29)4/h23-24,26-30H,7-21H2,1-6H3/t23-,24-,26-,27+,28-,29+,30+,31+,32-/m1/s1. The van der Waals surface area contributed by atoms with Crippen molar-refractivity contribution in [1.82, 2.24) is 0 Å².